The van der Waals surface area contributed by atoms with Crippen molar-refractivity contribution in [2.24, 2.45) is 0 Å². The van der Waals surface area contributed by atoms with E-state index in [1.165, 1.54) is 28.6 Å². The highest BCUT2D eigenvalue weighted by atomic mass is 32.2. The van der Waals surface area contributed by atoms with Gasteiger partial charge < -0.3 is 26.2 Å². The highest BCUT2D eigenvalue weighted by Crippen LogP contribution is 2.37. The van der Waals surface area contributed by atoms with Crippen molar-refractivity contribution in [3.05, 3.63) is 29.4 Å². The Hall–Kier alpha value is -2.86. The maximum Gasteiger partial charge on any atom is 0.320 e. The molecule has 142 valence electrons. The van der Waals surface area contributed by atoms with E-state index in [2.05, 4.69) is 10.3 Å². The maximum absolute atomic E-state index is 12.6. The van der Waals surface area contributed by atoms with Crippen molar-refractivity contribution in [1.29, 1.82) is 0 Å². The predicted molar refractivity (Wildman–Crippen MR) is 97.5 cm³/mol. The van der Waals surface area contributed by atoms with Crippen molar-refractivity contribution in [3.63, 3.8) is 0 Å². The van der Waals surface area contributed by atoms with Crippen LogP contribution in [0.1, 0.15) is 12.1 Å². The molecule has 1 aromatic rings. The summed E-state index contributed by atoms with van der Waals surface area (Å²) in [6.45, 7) is 0. The van der Waals surface area contributed by atoms with Crippen LogP contribution < -0.4 is 11.1 Å². The number of carboxylic acids is 2. The molecular weight excluding hydrogens is 396 g/mol. The third-order valence-electron chi connectivity index (χ3n) is 3.84. The van der Waals surface area contributed by atoms with Gasteiger partial charge in [0.2, 0.25) is 0 Å². The van der Waals surface area contributed by atoms with E-state index in [9.17, 15) is 19.2 Å². The number of nitrogens with zero attached hydrogens (tertiary/aromatic N) is 2. The summed E-state index contributed by atoms with van der Waals surface area (Å²) in [6.07, 6.45) is 3.58. The molecule has 0 aromatic carbocycles. The minimum absolute atomic E-state index is 0.0114. The molecule has 27 heavy (non-hydrogen) atoms. The highest BCUT2D eigenvalue weighted by molar-refractivity contribution is 8.01. The summed E-state index contributed by atoms with van der Waals surface area (Å²) in [7, 11) is 0. The number of nitrogens with one attached hydrogen (secondary N) is 1. The van der Waals surface area contributed by atoms with Gasteiger partial charge in [-0.05, 0) is 6.08 Å². The minimum atomic E-state index is -1.13. The number of β-lactam (4-membered cyclic amide) rings is 1. The summed E-state index contributed by atoms with van der Waals surface area (Å²) < 4.78 is 0. The van der Waals surface area contributed by atoms with Crippen molar-refractivity contribution in [2.45, 2.75) is 23.1 Å². The van der Waals surface area contributed by atoms with Crippen LogP contribution in [0.15, 0.2) is 23.7 Å². The Kier molecular flexibility index (Phi) is 5.19. The number of nitrogens with two attached hydrogens (primary N) is 1. The second kappa shape index (κ2) is 7.40. The summed E-state index contributed by atoms with van der Waals surface area (Å²) in [4.78, 5) is 52.1. The minimum Gasteiger partial charge on any atom is -0.481 e. The summed E-state index contributed by atoms with van der Waals surface area (Å²) in [6, 6.07) is -0.918. The number of carbonyl (C=O) groups is 4. The van der Waals surface area contributed by atoms with Crippen molar-refractivity contribution in [2.75, 3.05) is 5.73 Å². The molecule has 2 aliphatic heterocycles. The van der Waals surface area contributed by atoms with Crippen LogP contribution in [-0.4, -0.2) is 60.5 Å². The molecule has 0 bridgehead atoms. The molecule has 3 heterocycles. The third kappa shape index (κ3) is 3.80. The number of thioether (sulfide) groups is 1. The van der Waals surface area contributed by atoms with Gasteiger partial charge in [0.1, 0.15) is 16.7 Å². The van der Waals surface area contributed by atoms with E-state index in [0.29, 0.717) is 0 Å². The highest BCUT2D eigenvalue weighted by Gasteiger charge is 2.51. The fraction of sp³-hybridized carbons (Fsp3) is 0.267. The smallest absolute Gasteiger partial charge is 0.320 e. The summed E-state index contributed by atoms with van der Waals surface area (Å²) in [5.74, 6) is -3.23. The molecular formula is C15H14N4O6S2. The van der Waals surface area contributed by atoms with Crippen molar-refractivity contribution in [1.82, 2.24) is 15.2 Å². The molecule has 2 unspecified atom stereocenters. The largest absolute Gasteiger partial charge is 0.481 e. The molecule has 0 aliphatic carbocycles. The van der Waals surface area contributed by atoms with E-state index >= 15 is 0 Å². The summed E-state index contributed by atoms with van der Waals surface area (Å²) in [5.41, 5.74) is 5.77. The standard InChI is InChI=1S/C15H14N4O6S2/c16-15-17-7(5-26-15)6(1-2-9(20)21)11(22)18-10-12(23)19-4-3-8(14(24)25)27-13(10)19/h1,3-5,8,10,13H,2H2,(H2,16,17)(H,18,22)(H,20,21)(H,24,25)/b6-1-/t8?,10-,13?/m1/s1. The Morgan fingerprint density at radius 1 is 1.37 bits per heavy atom. The number of carboxylic acid groups (broad SMARTS) is 2. The lowest BCUT2D eigenvalue weighted by atomic mass is 10.1. The van der Waals surface area contributed by atoms with E-state index in [1.807, 2.05) is 0 Å². The van der Waals surface area contributed by atoms with Crippen LogP contribution in [0.4, 0.5) is 5.13 Å². The molecule has 3 atom stereocenters. The number of amides is 2. The van der Waals surface area contributed by atoms with Crippen LogP contribution in [0.3, 0.4) is 0 Å². The molecule has 10 nitrogen and oxygen atoms in total. The van der Waals surface area contributed by atoms with Crippen LogP contribution in [0, 0.1) is 0 Å². The Balaban J connectivity index is 1.77. The van der Waals surface area contributed by atoms with Crippen molar-refractivity contribution in [3.8, 4) is 0 Å². The number of fused-ring (bicyclic) bond motifs is 1. The van der Waals surface area contributed by atoms with E-state index in [0.717, 1.165) is 23.1 Å². The van der Waals surface area contributed by atoms with Gasteiger partial charge in [0.25, 0.3) is 11.8 Å². The predicted octanol–water partition coefficient (Wildman–Crippen LogP) is -0.0498. The Morgan fingerprint density at radius 3 is 2.70 bits per heavy atom. The van der Waals surface area contributed by atoms with Crippen LogP contribution in [0.5, 0.6) is 0 Å². The molecule has 2 amide bonds. The van der Waals surface area contributed by atoms with Gasteiger partial charge in [-0.1, -0.05) is 6.08 Å². The van der Waals surface area contributed by atoms with Crippen LogP contribution >= 0.6 is 23.1 Å². The van der Waals surface area contributed by atoms with Gasteiger partial charge in [0.05, 0.1) is 17.7 Å². The molecule has 1 aromatic heterocycles. The molecule has 0 spiro atoms. The van der Waals surface area contributed by atoms with Crippen LogP contribution in [0.2, 0.25) is 0 Å². The molecule has 3 rings (SSSR count). The van der Waals surface area contributed by atoms with E-state index < -0.39 is 40.9 Å². The van der Waals surface area contributed by atoms with Crippen molar-refractivity contribution < 1.29 is 29.4 Å². The number of carbonyl (C=O) groups excluding carboxylic acids is 2. The number of anilines is 1. The molecule has 0 saturated carbocycles. The first-order chi connectivity index (χ1) is 12.8. The number of hydrogen-bond donors (Lipinski definition) is 4. The van der Waals surface area contributed by atoms with Gasteiger partial charge in [0.15, 0.2) is 5.13 Å². The number of aliphatic carboxylic acids is 2. The summed E-state index contributed by atoms with van der Waals surface area (Å²) in [5, 5.41) is 20.9. The number of rotatable bonds is 6. The molecule has 1 saturated heterocycles. The lowest BCUT2D eigenvalue weighted by Crippen LogP contribution is -2.68. The lowest BCUT2D eigenvalue weighted by Gasteiger charge is -2.47. The maximum atomic E-state index is 12.6. The fourth-order valence-corrected chi connectivity index (χ4v) is 4.35. The molecule has 1 fully saturated rings. The van der Waals surface area contributed by atoms with Crippen LogP contribution in [-0.2, 0) is 19.2 Å². The van der Waals surface area contributed by atoms with E-state index in [1.54, 1.807) is 0 Å². The van der Waals surface area contributed by atoms with E-state index in [4.69, 9.17) is 15.9 Å². The molecule has 2 aliphatic rings. The molecule has 5 N–H and O–H groups in total. The van der Waals surface area contributed by atoms with Gasteiger partial charge in [-0.15, -0.1) is 23.1 Å². The van der Waals surface area contributed by atoms with Gasteiger partial charge in [-0.3, -0.25) is 19.2 Å². The zero-order valence-electron chi connectivity index (χ0n) is 13.6. The summed E-state index contributed by atoms with van der Waals surface area (Å²) >= 11 is 2.12. The zero-order valence-corrected chi connectivity index (χ0v) is 15.2. The van der Waals surface area contributed by atoms with Gasteiger partial charge >= 0.3 is 11.9 Å². The monoisotopic (exact) mass is 410 g/mol. The number of thiazole rings is 1. The Morgan fingerprint density at radius 2 is 2.11 bits per heavy atom. The topological polar surface area (TPSA) is 163 Å². The number of aromatic nitrogens is 1. The normalized spacial score (nSPS) is 24.1. The zero-order chi connectivity index (χ0) is 19.7. The fourth-order valence-electron chi connectivity index (χ4n) is 2.56. The Labute approximate surface area is 160 Å². The molecule has 12 heteroatoms. The van der Waals surface area contributed by atoms with Crippen molar-refractivity contribution >= 4 is 57.6 Å². The number of hydrogen-bond acceptors (Lipinski definition) is 8. The first kappa shape index (κ1) is 18.9. The van der Waals surface area contributed by atoms with Gasteiger partial charge in [0, 0.05) is 11.6 Å². The quantitative estimate of drug-likeness (QED) is 0.372. The van der Waals surface area contributed by atoms with E-state index in [-0.39, 0.29) is 22.3 Å². The van der Waals surface area contributed by atoms with Gasteiger partial charge in [-0.25, -0.2) is 4.98 Å². The third-order valence-corrected chi connectivity index (χ3v) is 5.94. The molecule has 0 radical (unpaired) electrons. The first-order valence-electron chi connectivity index (χ1n) is 7.61. The van der Waals surface area contributed by atoms with Crippen LogP contribution in [0.25, 0.3) is 5.57 Å². The first-order valence-corrected chi connectivity index (χ1v) is 9.43. The second-order valence-corrected chi connectivity index (χ2v) is 7.76. The number of nitrogen functional groups attached to an aromatic ring is 1. The average molecular weight is 410 g/mol. The second-order valence-electron chi connectivity index (χ2n) is 5.61. The average Bonchev–Trinajstić information content (AvgIpc) is 3.04. The van der Waals surface area contributed by atoms with Gasteiger partial charge in [-0.2, -0.15) is 0 Å². The lowest BCUT2D eigenvalue weighted by molar-refractivity contribution is -0.144. The Bertz CT molecular complexity index is 879. The SMILES string of the molecule is Nc1nc(/C(=C/CC(=O)O)C(=O)N[C@@H]2C(=O)N3C=CC(C(=O)O)SC23)cs1.